The third kappa shape index (κ3) is 33.0. The Kier molecular flexibility index (Phi) is 29.9. The summed E-state index contributed by atoms with van der Waals surface area (Å²) < 4.78 is 23.0. The SMILES string of the molecule is CCCCC/C=C\C/C=C\CCCCCCCC(=O)NC(COP(=O)([O-])OCC[N+](C)(C)C)C(O)/C=C/CCCCCCCCCC. The van der Waals surface area contributed by atoms with Crippen LogP contribution in [0.1, 0.15) is 149 Å². The van der Waals surface area contributed by atoms with Gasteiger partial charge in [-0.05, 0) is 51.4 Å². The molecule has 9 heteroatoms. The Labute approximate surface area is 289 Å². The summed E-state index contributed by atoms with van der Waals surface area (Å²) in [6.07, 6.45) is 34.7. The lowest BCUT2D eigenvalue weighted by atomic mass is 10.1. The Morgan fingerprint density at radius 2 is 1.23 bits per heavy atom. The number of hydrogen-bond donors (Lipinski definition) is 2. The van der Waals surface area contributed by atoms with Gasteiger partial charge in [-0.15, -0.1) is 0 Å². The van der Waals surface area contributed by atoms with Gasteiger partial charge in [-0.1, -0.05) is 127 Å². The molecule has 0 fully saturated rings. The molecular formula is C38H73N2O6P. The molecule has 0 rings (SSSR count). The number of amides is 1. The van der Waals surface area contributed by atoms with Gasteiger partial charge in [0.25, 0.3) is 7.82 Å². The maximum Gasteiger partial charge on any atom is 0.268 e. The van der Waals surface area contributed by atoms with Crippen molar-refractivity contribution in [3.05, 3.63) is 36.5 Å². The van der Waals surface area contributed by atoms with Crippen LogP contribution in [0.15, 0.2) is 36.5 Å². The molecule has 0 saturated carbocycles. The highest BCUT2D eigenvalue weighted by Gasteiger charge is 2.23. The van der Waals surface area contributed by atoms with E-state index in [4.69, 9.17) is 9.05 Å². The average Bonchev–Trinajstić information content (AvgIpc) is 3.01. The van der Waals surface area contributed by atoms with Crippen LogP contribution in [-0.2, 0) is 18.4 Å². The lowest BCUT2D eigenvalue weighted by molar-refractivity contribution is -0.870. The van der Waals surface area contributed by atoms with Crippen molar-refractivity contribution in [2.24, 2.45) is 0 Å². The first-order valence-corrected chi connectivity index (χ1v) is 20.3. The number of aliphatic hydroxyl groups is 1. The van der Waals surface area contributed by atoms with Gasteiger partial charge in [0.1, 0.15) is 13.2 Å². The van der Waals surface area contributed by atoms with Gasteiger partial charge < -0.3 is 28.8 Å². The molecule has 8 nitrogen and oxygen atoms in total. The highest BCUT2D eigenvalue weighted by molar-refractivity contribution is 7.45. The second-order valence-electron chi connectivity index (χ2n) is 13.9. The molecule has 47 heavy (non-hydrogen) atoms. The lowest BCUT2D eigenvalue weighted by Gasteiger charge is -2.29. The first kappa shape index (κ1) is 45.7. The number of quaternary nitrogens is 1. The Morgan fingerprint density at radius 3 is 1.81 bits per heavy atom. The van der Waals surface area contributed by atoms with Crippen molar-refractivity contribution in [2.75, 3.05) is 40.9 Å². The normalized spacial score (nSPS) is 15.1. The number of unbranched alkanes of at least 4 members (excludes halogenated alkanes) is 16. The first-order chi connectivity index (χ1) is 22.5. The molecule has 2 N–H and O–H groups in total. The van der Waals surface area contributed by atoms with E-state index in [2.05, 4.69) is 43.5 Å². The van der Waals surface area contributed by atoms with Gasteiger partial charge in [0.05, 0.1) is 39.9 Å². The molecule has 0 aliphatic carbocycles. The van der Waals surface area contributed by atoms with Crippen LogP contribution >= 0.6 is 7.82 Å². The topological polar surface area (TPSA) is 108 Å². The summed E-state index contributed by atoms with van der Waals surface area (Å²) in [7, 11) is 1.24. The van der Waals surface area contributed by atoms with Gasteiger partial charge >= 0.3 is 0 Å². The number of likely N-dealkylation sites (N-methyl/N-ethyl adjacent to an activating group) is 1. The Bertz CT molecular complexity index is 871. The smallest absolute Gasteiger partial charge is 0.268 e. The molecule has 0 aliphatic rings. The molecule has 3 unspecified atom stereocenters. The molecule has 0 saturated heterocycles. The van der Waals surface area contributed by atoms with Gasteiger partial charge in [0.2, 0.25) is 5.91 Å². The molecule has 0 radical (unpaired) electrons. The molecule has 3 atom stereocenters. The maximum atomic E-state index is 12.7. The van der Waals surface area contributed by atoms with E-state index in [1.54, 1.807) is 6.08 Å². The number of nitrogens with zero attached hydrogens (tertiary/aromatic N) is 1. The Hall–Kier alpha value is -1.28. The fraction of sp³-hybridized carbons (Fsp3) is 0.816. The number of nitrogens with one attached hydrogen (secondary N) is 1. The van der Waals surface area contributed by atoms with Crippen LogP contribution in [0.5, 0.6) is 0 Å². The van der Waals surface area contributed by atoms with Crippen LogP contribution < -0.4 is 10.2 Å². The van der Waals surface area contributed by atoms with E-state index in [0.29, 0.717) is 17.4 Å². The standard InChI is InChI=1S/C38H73N2O6P/c1-6-8-10-12-14-16-18-19-20-21-22-24-26-28-30-32-38(42)39-36(35-46-47(43,44)45-34-33-40(3,4)5)37(41)31-29-27-25-23-17-15-13-11-9-7-2/h14,16,19-20,29,31,36-37,41H,6-13,15,17-18,21-28,30,32-35H2,1-5H3,(H-,39,42,43,44)/b16-14-,20-19-,31-29+. The summed E-state index contributed by atoms with van der Waals surface area (Å²) in [4.78, 5) is 25.1. The molecule has 0 bridgehead atoms. The second kappa shape index (κ2) is 30.8. The number of hydrogen-bond acceptors (Lipinski definition) is 6. The summed E-state index contributed by atoms with van der Waals surface area (Å²) in [6.45, 7) is 4.55. The fourth-order valence-corrected chi connectivity index (χ4v) is 5.73. The summed E-state index contributed by atoms with van der Waals surface area (Å²) in [5, 5.41) is 13.6. The largest absolute Gasteiger partial charge is 0.756 e. The Morgan fingerprint density at radius 1 is 0.745 bits per heavy atom. The Balaban J connectivity index is 4.55. The third-order valence-corrected chi connectivity index (χ3v) is 9.06. The van der Waals surface area contributed by atoms with Crippen LogP contribution in [0.25, 0.3) is 0 Å². The fourth-order valence-electron chi connectivity index (χ4n) is 5.00. The van der Waals surface area contributed by atoms with Crippen LogP contribution in [0.3, 0.4) is 0 Å². The number of phosphoric acid groups is 1. The molecular weight excluding hydrogens is 611 g/mol. The molecule has 0 aromatic carbocycles. The highest BCUT2D eigenvalue weighted by Crippen LogP contribution is 2.38. The van der Waals surface area contributed by atoms with Crippen molar-refractivity contribution in [1.29, 1.82) is 0 Å². The summed E-state index contributed by atoms with van der Waals surface area (Å²) in [5.41, 5.74) is 0. The van der Waals surface area contributed by atoms with Crippen molar-refractivity contribution in [3.63, 3.8) is 0 Å². The van der Waals surface area contributed by atoms with Gasteiger partial charge in [0.15, 0.2) is 0 Å². The van der Waals surface area contributed by atoms with Gasteiger partial charge in [-0.25, -0.2) is 0 Å². The summed E-state index contributed by atoms with van der Waals surface area (Å²) >= 11 is 0. The van der Waals surface area contributed by atoms with E-state index in [-0.39, 0.29) is 19.1 Å². The van der Waals surface area contributed by atoms with Crippen molar-refractivity contribution < 1.29 is 32.9 Å². The zero-order valence-corrected chi connectivity index (χ0v) is 31.9. The number of phosphoric ester groups is 1. The number of carbonyl (C=O) groups is 1. The van der Waals surface area contributed by atoms with Crippen LogP contribution in [0.2, 0.25) is 0 Å². The van der Waals surface area contributed by atoms with Crippen LogP contribution in [0.4, 0.5) is 0 Å². The second-order valence-corrected chi connectivity index (χ2v) is 15.3. The third-order valence-electron chi connectivity index (χ3n) is 8.09. The van der Waals surface area contributed by atoms with Gasteiger partial charge in [-0.3, -0.25) is 9.36 Å². The molecule has 0 heterocycles. The van der Waals surface area contributed by atoms with Crippen LogP contribution in [-0.4, -0.2) is 68.5 Å². The van der Waals surface area contributed by atoms with E-state index >= 15 is 0 Å². The number of aliphatic hydroxyl groups excluding tert-OH is 1. The number of rotatable bonds is 33. The minimum atomic E-state index is -4.58. The van der Waals surface area contributed by atoms with Crippen LogP contribution in [0, 0.1) is 0 Å². The average molecular weight is 685 g/mol. The van der Waals surface area contributed by atoms with Gasteiger partial charge in [-0.2, -0.15) is 0 Å². The predicted octanol–water partition coefficient (Wildman–Crippen LogP) is 8.94. The molecule has 0 spiro atoms. The number of carbonyl (C=O) groups excluding carboxylic acids is 1. The monoisotopic (exact) mass is 685 g/mol. The highest BCUT2D eigenvalue weighted by atomic mass is 31.2. The first-order valence-electron chi connectivity index (χ1n) is 18.9. The molecule has 0 aliphatic heterocycles. The summed E-state index contributed by atoms with van der Waals surface area (Å²) in [5.74, 6) is -0.216. The van der Waals surface area contributed by atoms with E-state index in [0.717, 1.165) is 64.2 Å². The minimum absolute atomic E-state index is 0.00477. The predicted molar refractivity (Wildman–Crippen MR) is 196 cm³/mol. The summed E-state index contributed by atoms with van der Waals surface area (Å²) in [6, 6.07) is -0.889. The minimum Gasteiger partial charge on any atom is -0.756 e. The van der Waals surface area contributed by atoms with Crippen molar-refractivity contribution >= 4 is 13.7 Å². The number of allylic oxidation sites excluding steroid dienone is 5. The molecule has 0 aromatic rings. The van der Waals surface area contributed by atoms with Crippen molar-refractivity contribution in [3.8, 4) is 0 Å². The van der Waals surface area contributed by atoms with Gasteiger partial charge in [0, 0.05) is 6.42 Å². The van der Waals surface area contributed by atoms with Crippen molar-refractivity contribution in [2.45, 2.75) is 161 Å². The zero-order chi connectivity index (χ0) is 35.1. The molecule has 1 amide bonds. The molecule has 276 valence electrons. The quantitative estimate of drug-likeness (QED) is 0.0309. The van der Waals surface area contributed by atoms with E-state index < -0.39 is 20.0 Å². The zero-order valence-electron chi connectivity index (χ0n) is 31.0. The van der Waals surface area contributed by atoms with E-state index in [1.807, 2.05) is 27.2 Å². The van der Waals surface area contributed by atoms with Crippen molar-refractivity contribution in [1.82, 2.24) is 5.32 Å². The van der Waals surface area contributed by atoms with E-state index in [1.165, 1.54) is 64.2 Å². The molecule has 0 aromatic heterocycles. The lowest BCUT2D eigenvalue weighted by Crippen LogP contribution is -2.45. The maximum absolute atomic E-state index is 12.7. The van der Waals surface area contributed by atoms with E-state index in [9.17, 15) is 19.4 Å².